The highest BCUT2D eigenvalue weighted by molar-refractivity contribution is 6.73. The van der Waals surface area contributed by atoms with Crippen LogP contribution in [-0.4, -0.2) is 8.80 Å². The Hall–Kier alpha value is -0.563. The van der Waals surface area contributed by atoms with Crippen LogP contribution in [0.4, 0.5) is 0 Å². The number of hydrogen-bond acceptors (Lipinski definition) is 0. The maximum atomic E-state index is 2.34. The van der Waals surface area contributed by atoms with Crippen molar-refractivity contribution >= 4 is 14.0 Å². The summed E-state index contributed by atoms with van der Waals surface area (Å²) in [6.45, 7) is 7.00. The van der Waals surface area contributed by atoms with E-state index in [0.29, 0.717) is 0 Å². The maximum absolute atomic E-state index is 2.34. The van der Waals surface area contributed by atoms with E-state index < -0.39 is 8.80 Å². The standard InChI is InChI=1S/C12H20Si/c1-4-13(10-11(2)3)12-8-6-5-7-9-12/h5-9,11,13H,4,10H2,1-3H3. The van der Waals surface area contributed by atoms with Gasteiger partial charge in [-0.1, -0.05) is 68.4 Å². The van der Waals surface area contributed by atoms with Crippen LogP contribution in [0.25, 0.3) is 0 Å². The van der Waals surface area contributed by atoms with E-state index in [2.05, 4.69) is 51.1 Å². The Kier molecular flexibility index (Phi) is 4.23. The molecule has 0 N–H and O–H groups in total. The Balaban J connectivity index is 2.67. The van der Waals surface area contributed by atoms with Gasteiger partial charge in [0.2, 0.25) is 0 Å². The van der Waals surface area contributed by atoms with Crippen LogP contribution in [-0.2, 0) is 0 Å². The van der Waals surface area contributed by atoms with E-state index in [1.165, 1.54) is 12.1 Å². The Morgan fingerprint density at radius 3 is 2.23 bits per heavy atom. The van der Waals surface area contributed by atoms with Crippen LogP contribution < -0.4 is 5.19 Å². The fourth-order valence-corrected chi connectivity index (χ4v) is 4.81. The van der Waals surface area contributed by atoms with Gasteiger partial charge in [0.25, 0.3) is 0 Å². The van der Waals surface area contributed by atoms with Gasteiger partial charge in [0, 0.05) is 0 Å². The van der Waals surface area contributed by atoms with Crippen molar-refractivity contribution in [2.75, 3.05) is 0 Å². The van der Waals surface area contributed by atoms with Gasteiger partial charge in [-0.25, -0.2) is 0 Å². The summed E-state index contributed by atoms with van der Waals surface area (Å²) in [6, 6.07) is 13.9. The average molecular weight is 192 g/mol. The summed E-state index contributed by atoms with van der Waals surface area (Å²) in [6.07, 6.45) is 0. The van der Waals surface area contributed by atoms with E-state index in [1.807, 2.05) is 0 Å². The molecule has 0 nitrogen and oxygen atoms in total. The third kappa shape index (κ3) is 3.35. The molecule has 0 heterocycles. The first-order valence-corrected chi connectivity index (χ1v) is 7.50. The minimum Gasteiger partial charge on any atom is -0.0677 e. The van der Waals surface area contributed by atoms with E-state index in [0.717, 1.165) is 5.92 Å². The molecule has 0 radical (unpaired) electrons. The van der Waals surface area contributed by atoms with E-state index in [9.17, 15) is 0 Å². The van der Waals surface area contributed by atoms with Gasteiger partial charge in [0.15, 0.2) is 0 Å². The topological polar surface area (TPSA) is 0 Å². The number of hydrogen-bond donors (Lipinski definition) is 0. The molecule has 0 saturated carbocycles. The van der Waals surface area contributed by atoms with Gasteiger partial charge in [-0.3, -0.25) is 0 Å². The molecule has 0 aliphatic carbocycles. The van der Waals surface area contributed by atoms with Crippen molar-refractivity contribution in [1.29, 1.82) is 0 Å². The predicted octanol–water partition coefficient (Wildman–Crippen LogP) is 2.80. The van der Waals surface area contributed by atoms with Crippen molar-refractivity contribution in [3.63, 3.8) is 0 Å². The first-order valence-electron chi connectivity index (χ1n) is 5.29. The molecule has 0 aliphatic heterocycles. The second kappa shape index (κ2) is 5.23. The van der Waals surface area contributed by atoms with Crippen molar-refractivity contribution in [3.8, 4) is 0 Å². The minimum absolute atomic E-state index is 0.629. The van der Waals surface area contributed by atoms with Crippen molar-refractivity contribution in [1.82, 2.24) is 0 Å². The first kappa shape index (κ1) is 10.5. The summed E-state index contributed by atoms with van der Waals surface area (Å²) in [7, 11) is -0.629. The molecule has 0 saturated heterocycles. The molecule has 13 heavy (non-hydrogen) atoms. The smallest absolute Gasteiger partial charge is 0.0677 e. The summed E-state index contributed by atoms with van der Waals surface area (Å²) in [5, 5.41) is 1.64. The van der Waals surface area contributed by atoms with Crippen LogP contribution in [0.2, 0.25) is 12.1 Å². The van der Waals surface area contributed by atoms with E-state index in [1.54, 1.807) is 5.19 Å². The molecular weight excluding hydrogens is 172 g/mol. The zero-order valence-corrected chi connectivity index (χ0v) is 10.1. The molecule has 1 rings (SSSR count). The van der Waals surface area contributed by atoms with Crippen LogP contribution in [0, 0.1) is 5.92 Å². The van der Waals surface area contributed by atoms with E-state index in [-0.39, 0.29) is 0 Å². The van der Waals surface area contributed by atoms with Crippen molar-refractivity contribution in [2.45, 2.75) is 32.9 Å². The molecule has 0 amide bonds. The van der Waals surface area contributed by atoms with Gasteiger partial charge in [-0.15, -0.1) is 0 Å². The fourth-order valence-electron chi connectivity index (χ4n) is 1.83. The van der Waals surface area contributed by atoms with Crippen molar-refractivity contribution in [3.05, 3.63) is 30.3 Å². The zero-order chi connectivity index (χ0) is 9.68. The average Bonchev–Trinajstić information content (AvgIpc) is 2.15. The molecule has 0 bridgehead atoms. The minimum atomic E-state index is -0.629. The second-order valence-electron chi connectivity index (χ2n) is 4.15. The first-order chi connectivity index (χ1) is 6.24. The molecule has 72 valence electrons. The SMILES string of the molecule is CC[SiH](CC(C)C)c1ccccc1. The molecule has 0 fully saturated rings. The summed E-state index contributed by atoms with van der Waals surface area (Å²) < 4.78 is 0. The molecule has 1 aromatic carbocycles. The third-order valence-electron chi connectivity index (χ3n) is 2.52. The maximum Gasteiger partial charge on any atom is 0.0708 e. The highest BCUT2D eigenvalue weighted by atomic mass is 28.3. The summed E-state index contributed by atoms with van der Waals surface area (Å²) in [4.78, 5) is 0. The van der Waals surface area contributed by atoms with Crippen molar-refractivity contribution in [2.24, 2.45) is 5.92 Å². The quantitative estimate of drug-likeness (QED) is 0.644. The van der Waals surface area contributed by atoms with Gasteiger partial charge in [-0.05, 0) is 5.92 Å². The Morgan fingerprint density at radius 1 is 1.15 bits per heavy atom. The lowest BCUT2D eigenvalue weighted by Gasteiger charge is -2.15. The molecule has 1 aromatic rings. The highest BCUT2D eigenvalue weighted by Crippen LogP contribution is 2.08. The van der Waals surface area contributed by atoms with Crippen molar-refractivity contribution < 1.29 is 0 Å². The Labute approximate surface area is 83.6 Å². The normalized spacial score (nSPS) is 13.2. The largest absolute Gasteiger partial charge is 0.0708 e. The fraction of sp³-hybridized carbons (Fsp3) is 0.500. The summed E-state index contributed by atoms with van der Waals surface area (Å²) >= 11 is 0. The molecule has 0 spiro atoms. The zero-order valence-electron chi connectivity index (χ0n) is 8.96. The van der Waals surface area contributed by atoms with Gasteiger partial charge >= 0.3 is 0 Å². The lowest BCUT2D eigenvalue weighted by molar-refractivity contribution is 0.726. The van der Waals surface area contributed by atoms with Crippen LogP contribution in [0.3, 0.4) is 0 Å². The van der Waals surface area contributed by atoms with Crippen LogP contribution in [0.15, 0.2) is 30.3 Å². The van der Waals surface area contributed by atoms with Gasteiger partial charge in [0.05, 0.1) is 8.80 Å². The molecule has 1 heteroatoms. The van der Waals surface area contributed by atoms with Crippen LogP contribution in [0.5, 0.6) is 0 Å². The monoisotopic (exact) mass is 192 g/mol. The molecule has 0 aliphatic rings. The summed E-state index contributed by atoms with van der Waals surface area (Å²) in [5.74, 6) is 0.858. The number of rotatable bonds is 4. The van der Waals surface area contributed by atoms with E-state index >= 15 is 0 Å². The lowest BCUT2D eigenvalue weighted by Crippen LogP contribution is -2.29. The predicted molar refractivity (Wildman–Crippen MR) is 63.4 cm³/mol. The van der Waals surface area contributed by atoms with Crippen LogP contribution >= 0.6 is 0 Å². The van der Waals surface area contributed by atoms with Gasteiger partial charge in [-0.2, -0.15) is 0 Å². The third-order valence-corrected chi connectivity index (χ3v) is 6.34. The van der Waals surface area contributed by atoms with Gasteiger partial charge < -0.3 is 0 Å². The Morgan fingerprint density at radius 2 is 1.77 bits per heavy atom. The molecule has 0 aromatic heterocycles. The van der Waals surface area contributed by atoms with Crippen LogP contribution in [0.1, 0.15) is 20.8 Å². The highest BCUT2D eigenvalue weighted by Gasteiger charge is 2.11. The summed E-state index contributed by atoms with van der Waals surface area (Å²) in [5.41, 5.74) is 0. The second-order valence-corrected chi connectivity index (χ2v) is 7.49. The molecule has 1 unspecified atom stereocenters. The Bertz CT molecular complexity index is 228. The number of benzene rings is 1. The molecule has 1 atom stereocenters. The van der Waals surface area contributed by atoms with E-state index in [4.69, 9.17) is 0 Å². The van der Waals surface area contributed by atoms with Gasteiger partial charge in [0.1, 0.15) is 0 Å². The lowest BCUT2D eigenvalue weighted by atomic mass is 10.3. The molecular formula is C12H20Si.